The fraction of sp³-hybridized carbons (Fsp3) is 0.857. The van der Waals surface area contributed by atoms with E-state index in [2.05, 4.69) is 24.1 Å². The van der Waals surface area contributed by atoms with Gasteiger partial charge >= 0.3 is 0 Å². The Bertz CT molecular complexity index is 223. The molecular weight excluding hydrogens is 198 g/mol. The summed E-state index contributed by atoms with van der Waals surface area (Å²) in [7, 11) is 0. The van der Waals surface area contributed by atoms with Crippen molar-refractivity contribution in [2.24, 2.45) is 5.92 Å². The second kappa shape index (κ2) is 8.61. The number of ether oxygens (including phenoxy) is 1. The molecule has 2 atom stereocenters. The molecule has 1 aliphatic rings. The highest BCUT2D eigenvalue weighted by Crippen LogP contribution is 2.19. The zero-order chi connectivity index (χ0) is 11.6. The summed E-state index contributed by atoms with van der Waals surface area (Å²) in [6, 6.07) is 0.632. The number of nitrogens with one attached hydrogen (secondary N) is 1. The summed E-state index contributed by atoms with van der Waals surface area (Å²) in [5.41, 5.74) is 0. The van der Waals surface area contributed by atoms with Crippen molar-refractivity contribution in [2.75, 3.05) is 19.8 Å². The Hall–Kier alpha value is -0.520. The molecule has 2 nitrogen and oxygen atoms in total. The van der Waals surface area contributed by atoms with Crippen LogP contribution in [0.15, 0.2) is 0 Å². The van der Waals surface area contributed by atoms with Gasteiger partial charge in [0.1, 0.15) is 0 Å². The first-order valence-electron chi connectivity index (χ1n) is 6.57. The van der Waals surface area contributed by atoms with Crippen LogP contribution in [0.4, 0.5) is 0 Å². The maximum atomic E-state index is 5.43. The Morgan fingerprint density at radius 1 is 1.50 bits per heavy atom. The maximum Gasteiger partial charge on any atom is 0.0495 e. The van der Waals surface area contributed by atoms with Crippen LogP contribution >= 0.6 is 0 Å². The first-order valence-corrected chi connectivity index (χ1v) is 6.57. The van der Waals surface area contributed by atoms with Crippen LogP contribution in [0.25, 0.3) is 0 Å². The fourth-order valence-corrected chi connectivity index (χ4v) is 2.19. The van der Waals surface area contributed by atoms with Gasteiger partial charge in [-0.3, -0.25) is 0 Å². The highest BCUT2D eigenvalue weighted by atomic mass is 16.5. The van der Waals surface area contributed by atoms with Crippen LogP contribution in [0, 0.1) is 17.8 Å². The van der Waals surface area contributed by atoms with E-state index in [1.54, 1.807) is 0 Å². The summed E-state index contributed by atoms with van der Waals surface area (Å²) in [6.45, 7) is 7.18. The largest absolute Gasteiger partial charge is 0.381 e. The second-order valence-electron chi connectivity index (χ2n) is 4.58. The van der Waals surface area contributed by atoms with Crippen molar-refractivity contribution < 1.29 is 4.74 Å². The normalized spacial score (nSPS) is 21.5. The van der Waals surface area contributed by atoms with Gasteiger partial charge in [0, 0.05) is 25.7 Å². The molecule has 1 N–H and O–H groups in total. The molecule has 1 aliphatic heterocycles. The molecule has 2 heteroatoms. The predicted molar refractivity (Wildman–Crippen MR) is 68.3 cm³/mol. The van der Waals surface area contributed by atoms with Gasteiger partial charge in [-0.15, -0.1) is 11.8 Å². The Morgan fingerprint density at radius 2 is 2.38 bits per heavy atom. The van der Waals surface area contributed by atoms with Gasteiger partial charge in [0.15, 0.2) is 0 Å². The molecule has 0 bridgehead atoms. The first kappa shape index (κ1) is 13.5. The minimum Gasteiger partial charge on any atom is -0.381 e. The lowest BCUT2D eigenvalue weighted by Gasteiger charge is -2.20. The second-order valence-corrected chi connectivity index (χ2v) is 4.58. The predicted octanol–water partition coefficient (Wildman–Crippen LogP) is 2.58. The molecule has 92 valence electrons. The summed E-state index contributed by atoms with van der Waals surface area (Å²) in [5.74, 6) is 6.90. The number of hydrogen-bond donors (Lipinski definition) is 1. The molecule has 1 fully saturated rings. The minimum atomic E-state index is 0.632. The van der Waals surface area contributed by atoms with Crippen LogP contribution in [-0.4, -0.2) is 25.8 Å². The molecule has 0 spiro atoms. The number of rotatable bonds is 7. The summed E-state index contributed by atoms with van der Waals surface area (Å²) in [6.07, 6.45) is 5.90. The highest BCUT2D eigenvalue weighted by molar-refractivity contribution is 4.95. The van der Waals surface area contributed by atoms with Gasteiger partial charge in [-0.25, -0.2) is 0 Å². The molecular formula is C14H25NO. The van der Waals surface area contributed by atoms with Gasteiger partial charge in [0.25, 0.3) is 0 Å². The smallest absolute Gasteiger partial charge is 0.0495 e. The minimum absolute atomic E-state index is 0.632. The van der Waals surface area contributed by atoms with Gasteiger partial charge in [-0.05, 0) is 45.1 Å². The van der Waals surface area contributed by atoms with Gasteiger partial charge in [-0.1, -0.05) is 6.92 Å². The quantitative estimate of drug-likeness (QED) is 0.670. The molecule has 1 rings (SSSR count). The fourth-order valence-electron chi connectivity index (χ4n) is 2.19. The van der Waals surface area contributed by atoms with Gasteiger partial charge in [0.2, 0.25) is 0 Å². The van der Waals surface area contributed by atoms with Crippen LogP contribution in [-0.2, 0) is 4.74 Å². The topological polar surface area (TPSA) is 21.3 Å². The average Bonchev–Trinajstić information content (AvgIpc) is 2.78. The first-order chi connectivity index (χ1) is 7.86. The molecule has 0 aromatic rings. The van der Waals surface area contributed by atoms with E-state index >= 15 is 0 Å². The molecule has 16 heavy (non-hydrogen) atoms. The van der Waals surface area contributed by atoms with Crippen LogP contribution in [0.3, 0.4) is 0 Å². The van der Waals surface area contributed by atoms with E-state index < -0.39 is 0 Å². The summed E-state index contributed by atoms with van der Waals surface area (Å²) in [5, 5.41) is 3.63. The van der Waals surface area contributed by atoms with Gasteiger partial charge in [-0.2, -0.15) is 0 Å². The van der Waals surface area contributed by atoms with Crippen molar-refractivity contribution in [3.05, 3.63) is 0 Å². The standard InChI is InChI=1S/C14H25NO/c1-3-5-6-7-14(15-9-4-2)11-13-8-10-16-12-13/h13-15H,4,6-12H2,1-2H3. The Balaban J connectivity index is 2.25. The Morgan fingerprint density at radius 3 is 3.00 bits per heavy atom. The molecule has 2 unspecified atom stereocenters. The van der Waals surface area contributed by atoms with E-state index in [9.17, 15) is 0 Å². The third kappa shape index (κ3) is 5.53. The van der Waals surface area contributed by atoms with Gasteiger partial charge < -0.3 is 10.1 Å². The lowest BCUT2D eigenvalue weighted by Crippen LogP contribution is -2.32. The molecule has 1 heterocycles. The van der Waals surface area contributed by atoms with Crippen LogP contribution in [0.2, 0.25) is 0 Å². The average molecular weight is 223 g/mol. The van der Waals surface area contributed by atoms with Crippen LogP contribution in [0.5, 0.6) is 0 Å². The van der Waals surface area contributed by atoms with Crippen molar-refractivity contribution in [1.82, 2.24) is 5.32 Å². The van der Waals surface area contributed by atoms with E-state index in [0.717, 1.165) is 32.1 Å². The molecule has 1 saturated heterocycles. The Kier molecular flexibility index (Phi) is 7.29. The molecule has 0 saturated carbocycles. The van der Waals surface area contributed by atoms with E-state index in [0.29, 0.717) is 6.04 Å². The Labute approximate surface area is 100 Å². The summed E-state index contributed by atoms with van der Waals surface area (Å²) >= 11 is 0. The molecule has 0 radical (unpaired) electrons. The highest BCUT2D eigenvalue weighted by Gasteiger charge is 2.19. The third-order valence-electron chi connectivity index (χ3n) is 3.12. The van der Waals surface area contributed by atoms with E-state index in [1.807, 2.05) is 6.92 Å². The third-order valence-corrected chi connectivity index (χ3v) is 3.12. The lowest BCUT2D eigenvalue weighted by molar-refractivity contribution is 0.181. The van der Waals surface area contributed by atoms with E-state index in [-0.39, 0.29) is 0 Å². The zero-order valence-corrected chi connectivity index (χ0v) is 10.7. The molecule has 0 aromatic heterocycles. The monoisotopic (exact) mass is 223 g/mol. The van der Waals surface area contributed by atoms with Crippen molar-refractivity contribution in [1.29, 1.82) is 0 Å². The van der Waals surface area contributed by atoms with Gasteiger partial charge in [0.05, 0.1) is 0 Å². The SMILES string of the molecule is CC#CCCC(CC1CCOC1)NCCC. The van der Waals surface area contributed by atoms with E-state index in [1.165, 1.54) is 25.7 Å². The lowest BCUT2D eigenvalue weighted by atomic mass is 9.96. The van der Waals surface area contributed by atoms with Crippen molar-refractivity contribution in [3.63, 3.8) is 0 Å². The van der Waals surface area contributed by atoms with Crippen molar-refractivity contribution in [3.8, 4) is 11.8 Å². The molecule has 0 aromatic carbocycles. The molecule has 0 aliphatic carbocycles. The van der Waals surface area contributed by atoms with E-state index in [4.69, 9.17) is 4.74 Å². The van der Waals surface area contributed by atoms with Crippen LogP contribution < -0.4 is 5.32 Å². The summed E-state index contributed by atoms with van der Waals surface area (Å²) < 4.78 is 5.43. The molecule has 0 amide bonds. The number of hydrogen-bond acceptors (Lipinski definition) is 2. The summed E-state index contributed by atoms with van der Waals surface area (Å²) in [4.78, 5) is 0. The zero-order valence-electron chi connectivity index (χ0n) is 10.7. The van der Waals surface area contributed by atoms with Crippen molar-refractivity contribution in [2.45, 2.75) is 52.0 Å². The maximum absolute atomic E-state index is 5.43. The van der Waals surface area contributed by atoms with Crippen molar-refractivity contribution >= 4 is 0 Å². The van der Waals surface area contributed by atoms with Crippen LogP contribution in [0.1, 0.15) is 46.0 Å².